The molecule has 1 aromatic carbocycles. The lowest BCUT2D eigenvalue weighted by molar-refractivity contribution is 0.0686. The summed E-state index contributed by atoms with van der Waals surface area (Å²) in [5.41, 5.74) is -0.131. The Morgan fingerprint density at radius 2 is 2.29 bits per heavy atom. The van der Waals surface area contributed by atoms with Gasteiger partial charge in [0.2, 0.25) is 0 Å². The van der Waals surface area contributed by atoms with E-state index in [0.29, 0.717) is 9.43 Å². The molecule has 0 atom stereocenters. The largest absolute Gasteiger partial charge is 0.476 e. The molecule has 0 aliphatic carbocycles. The van der Waals surface area contributed by atoms with Crippen molar-refractivity contribution in [2.45, 2.75) is 0 Å². The van der Waals surface area contributed by atoms with E-state index in [1.807, 2.05) is 0 Å². The number of aromatic carboxylic acids is 1. The van der Waals surface area contributed by atoms with Gasteiger partial charge in [0.15, 0.2) is 10.7 Å². The van der Waals surface area contributed by atoms with Crippen LogP contribution in [0.5, 0.6) is 11.6 Å². The van der Waals surface area contributed by atoms with Crippen molar-refractivity contribution in [2.24, 2.45) is 0 Å². The summed E-state index contributed by atoms with van der Waals surface area (Å²) < 4.78 is 20.7. The number of hydrogen-bond donors (Lipinski definition) is 1. The van der Waals surface area contributed by atoms with Crippen molar-refractivity contribution in [3.8, 4) is 11.6 Å². The molecule has 3 aromatic rings. The van der Waals surface area contributed by atoms with Crippen LogP contribution in [0.2, 0.25) is 5.02 Å². The average Bonchev–Trinajstić information content (AvgIpc) is 2.95. The summed E-state index contributed by atoms with van der Waals surface area (Å²) in [6.45, 7) is 0. The third-order valence-electron chi connectivity index (χ3n) is 2.61. The fourth-order valence-corrected chi connectivity index (χ4v) is 3.14. The maximum atomic E-state index is 13.5. The summed E-state index contributed by atoms with van der Waals surface area (Å²) in [7, 11) is 0. The third kappa shape index (κ3) is 2.50. The number of nitrogens with zero attached hydrogens (tertiary/aromatic N) is 2. The van der Waals surface area contributed by atoms with E-state index in [4.69, 9.17) is 16.3 Å². The van der Waals surface area contributed by atoms with Gasteiger partial charge in [-0.2, -0.15) is 4.98 Å². The molecule has 0 spiro atoms. The van der Waals surface area contributed by atoms with Crippen LogP contribution in [0.15, 0.2) is 28.2 Å². The second kappa shape index (κ2) is 5.28. The van der Waals surface area contributed by atoms with Crippen molar-refractivity contribution in [2.75, 3.05) is 0 Å². The zero-order valence-corrected chi connectivity index (χ0v) is 13.2. The highest BCUT2D eigenvalue weighted by atomic mass is 79.9. The SMILES string of the molecule is O=C(O)c1c(Oc2cc(F)c(Cl)cc2Br)nc2sccn12. The van der Waals surface area contributed by atoms with Gasteiger partial charge >= 0.3 is 5.97 Å². The number of ether oxygens (including phenoxy) is 1. The molecule has 0 aliphatic heterocycles. The summed E-state index contributed by atoms with van der Waals surface area (Å²) in [6.07, 6.45) is 1.57. The van der Waals surface area contributed by atoms with Gasteiger partial charge in [-0.05, 0) is 22.0 Å². The second-order valence-corrected chi connectivity index (χ2v) is 6.06. The van der Waals surface area contributed by atoms with Crippen molar-refractivity contribution in [3.05, 3.63) is 44.7 Å². The summed E-state index contributed by atoms with van der Waals surface area (Å²) in [4.78, 5) is 15.9. The monoisotopic (exact) mass is 390 g/mol. The Bertz CT molecular complexity index is 864. The number of carboxylic acid groups (broad SMARTS) is 1. The van der Waals surface area contributed by atoms with Crippen LogP contribution in [-0.4, -0.2) is 20.5 Å². The molecule has 108 valence electrons. The molecule has 0 bridgehead atoms. The molecule has 0 aliphatic rings. The van der Waals surface area contributed by atoms with Gasteiger partial charge < -0.3 is 9.84 Å². The van der Waals surface area contributed by atoms with Gasteiger partial charge in [-0.1, -0.05) is 11.6 Å². The predicted octanol–water partition coefficient (Wildman–Crippen LogP) is 4.44. The number of imidazole rings is 1. The number of aromatic nitrogens is 2. The van der Waals surface area contributed by atoms with Crippen LogP contribution in [0.1, 0.15) is 10.5 Å². The van der Waals surface area contributed by atoms with E-state index in [9.17, 15) is 14.3 Å². The van der Waals surface area contributed by atoms with Crippen molar-refractivity contribution in [1.29, 1.82) is 0 Å². The predicted molar refractivity (Wildman–Crippen MR) is 79.2 cm³/mol. The molecule has 0 unspecified atom stereocenters. The number of carboxylic acids is 1. The minimum atomic E-state index is -1.19. The van der Waals surface area contributed by atoms with Crippen LogP contribution in [0.3, 0.4) is 0 Å². The van der Waals surface area contributed by atoms with E-state index in [2.05, 4.69) is 20.9 Å². The number of thiazole rings is 1. The van der Waals surface area contributed by atoms with Gasteiger partial charge in [0, 0.05) is 17.6 Å². The molecular formula is C12H5BrClFN2O3S. The Morgan fingerprint density at radius 3 is 3.00 bits per heavy atom. The van der Waals surface area contributed by atoms with Gasteiger partial charge in [0.05, 0.1) is 9.50 Å². The van der Waals surface area contributed by atoms with Gasteiger partial charge in [-0.3, -0.25) is 4.40 Å². The molecule has 0 saturated carbocycles. The smallest absolute Gasteiger partial charge is 0.358 e. The maximum absolute atomic E-state index is 13.5. The molecule has 9 heteroatoms. The fraction of sp³-hybridized carbons (Fsp3) is 0. The minimum absolute atomic E-state index is 0.0708. The maximum Gasteiger partial charge on any atom is 0.358 e. The highest BCUT2D eigenvalue weighted by Crippen LogP contribution is 2.35. The number of rotatable bonds is 3. The van der Waals surface area contributed by atoms with Gasteiger partial charge in [-0.15, -0.1) is 11.3 Å². The van der Waals surface area contributed by atoms with Crippen LogP contribution in [0, 0.1) is 5.82 Å². The summed E-state index contributed by atoms with van der Waals surface area (Å²) in [5.74, 6) is -1.89. The lowest BCUT2D eigenvalue weighted by Crippen LogP contribution is -2.03. The molecular weight excluding hydrogens is 387 g/mol. The van der Waals surface area contributed by atoms with Crippen molar-refractivity contribution < 1.29 is 19.0 Å². The average molecular weight is 392 g/mol. The Labute approximate surface area is 134 Å². The van der Waals surface area contributed by atoms with E-state index < -0.39 is 11.8 Å². The van der Waals surface area contributed by atoms with E-state index in [1.54, 1.807) is 11.6 Å². The van der Waals surface area contributed by atoms with Gasteiger partial charge in [0.1, 0.15) is 11.6 Å². The molecule has 0 radical (unpaired) electrons. The topological polar surface area (TPSA) is 63.8 Å². The van der Waals surface area contributed by atoms with E-state index in [-0.39, 0.29) is 22.3 Å². The molecule has 1 N–H and O–H groups in total. The highest BCUT2D eigenvalue weighted by molar-refractivity contribution is 9.10. The van der Waals surface area contributed by atoms with Crippen molar-refractivity contribution in [1.82, 2.24) is 9.38 Å². The number of halogens is 3. The second-order valence-electron chi connectivity index (χ2n) is 3.93. The normalized spacial score (nSPS) is 11.0. The Morgan fingerprint density at radius 1 is 1.52 bits per heavy atom. The lowest BCUT2D eigenvalue weighted by Gasteiger charge is -2.07. The number of hydrogen-bond acceptors (Lipinski definition) is 4. The van der Waals surface area contributed by atoms with E-state index >= 15 is 0 Å². The Kier molecular flexibility index (Phi) is 3.60. The van der Waals surface area contributed by atoms with Crippen molar-refractivity contribution in [3.63, 3.8) is 0 Å². The number of fused-ring (bicyclic) bond motifs is 1. The van der Waals surface area contributed by atoms with Crippen LogP contribution in [0.25, 0.3) is 4.96 Å². The summed E-state index contributed by atoms with van der Waals surface area (Å²) >= 11 is 10.1. The van der Waals surface area contributed by atoms with Gasteiger partial charge in [0.25, 0.3) is 5.88 Å². The van der Waals surface area contributed by atoms with Crippen LogP contribution in [-0.2, 0) is 0 Å². The third-order valence-corrected chi connectivity index (χ3v) is 4.28. The first-order valence-corrected chi connectivity index (χ1v) is 7.53. The molecule has 0 amide bonds. The van der Waals surface area contributed by atoms with Crippen molar-refractivity contribution >= 4 is 49.8 Å². The fourth-order valence-electron chi connectivity index (χ4n) is 1.72. The first-order valence-electron chi connectivity index (χ1n) is 5.48. The van der Waals surface area contributed by atoms with Crippen LogP contribution in [0.4, 0.5) is 4.39 Å². The van der Waals surface area contributed by atoms with E-state index in [0.717, 1.165) is 6.07 Å². The first-order chi connectivity index (χ1) is 9.97. The summed E-state index contributed by atoms with van der Waals surface area (Å²) in [5, 5.41) is 10.9. The number of carbonyl (C=O) groups is 1. The highest BCUT2D eigenvalue weighted by Gasteiger charge is 2.22. The number of benzene rings is 1. The quantitative estimate of drug-likeness (QED) is 0.670. The lowest BCUT2D eigenvalue weighted by atomic mass is 10.3. The first kappa shape index (κ1) is 14.3. The standard InChI is InChI=1S/C12H5BrClFN2O3S/c13-5-3-6(14)7(15)4-8(5)20-10-9(11(18)19)17-1-2-21-12(17)16-10/h1-4H,(H,18,19). The summed E-state index contributed by atoms with van der Waals surface area (Å²) in [6, 6.07) is 2.39. The van der Waals surface area contributed by atoms with E-state index in [1.165, 1.54) is 21.8 Å². The van der Waals surface area contributed by atoms with Crippen LogP contribution < -0.4 is 4.74 Å². The zero-order valence-electron chi connectivity index (χ0n) is 10.0. The molecule has 5 nitrogen and oxygen atoms in total. The minimum Gasteiger partial charge on any atom is -0.476 e. The molecule has 2 aromatic heterocycles. The van der Waals surface area contributed by atoms with Crippen LogP contribution >= 0.6 is 38.9 Å². The Balaban J connectivity index is 2.10. The zero-order chi connectivity index (χ0) is 15.1. The van der Waals surface area contributed by atoms with Gasteiger partial charge in [-0.25, -0.2) is 9.18 Å². The molecule has 2 heterocycles. The Hall–Kier alpha value is -1.64. The molecule has 0 fully saturated rings. The molecule has 0 saturated heterocycles. The molecule has 21 heavy (non-hydrogen) atoms. The molecule has 3 rings (SSSR count).